The van der Waals surface area contributed by atoms with E-state index in [0.717, 1.165) is 48.9 Å². The summed E-state index contributed by atoms with van der Waals surface area (Å²) < 4.78 is 9.88. The molecule has 46 heavy (non-hydrogen) atoms. The number of esters is 1. The number of ether oxygens (including phenoxy) is 2. The van der Waals surface area contributed by atoms with Gasteiger partial charge in [0.25, 0.3) is 0 Å². The molecule has 0 spiro atoms. The Morgan fingerprint density at radius 1 is 1.02 bits per heavy atom. The highest BCUT2D eigenvalue weighted by Gasteiger charge is 2.60. The molecule has 5 rings (SSSR count). The Labute approximate surface area is 275 Å². The summed E-state index contributed by atoms with van der Waals surface area (Å²) in [6, 6.07) is -1.10. The molecule has 1 heterocycles. The lowest BCUT2D eigenvalue weighted by atomic mass is 9.46. The van der Waals surface area contributed by atoms with Gasteiger partial charge in [-0.05, 0) is 98.2 Å². The summed E-state index contributed by atoms with van der Waals surface area (Å²) in [6.07, 6.45) is 12.0. The van der Waals surface area contributed by atoms with Crippen molar-refractivity contribution in [2.24, 2.45) is 40.4 Å². The number of aliphatic hydroxyl groups is 5. The minimum atomic E-state index is -1.45. The summed E-state index contributed by atoms with van der Waals surface area (Å²) in [5.41, 5.74) is 2.46. The minimum Gasteiger partial charge on any atom is -0.466 e. The summed E-state index contributed by atoms with van der Waals surface area (Å²) in [4.78, 5) is 21.6. The van der Waals surface area contributed by atoms with Crippen molar-refractivity contribution in [3.63, 3.8) is 0 Å². The van der Waals surface area contributed by atoms with Crippen LogP contribution in [0.25, 0.3) is 0 Å². The normalized spacial score (nSPS) is 43.2. The summed E-state index contributed by atoms with van der Waals surface area (Å²) in [7, 11) is 0. The summed E-state index contributed by atoms with van der Waals surface area (Å²) in [6.45, 7) is 10.5. The molecule has 1 aliphatic heterocycles. The van der Waals surface area contributed by atoms with Gasteiger partial charge in [-0.3, -0.25) is 9.59 Å². The minimum absolute atomic E-state index is 0.103. The zero-order valence-electron chi connectivity index (χ0n) is 28.7. The fourth-order valence-electron chi connectivity index (χ4n) is 10.3. The van der Waals surface area contributed by atoms with Gasteiger partial charge in [0.1, 0.15) is 24.4 Å². The van der Waals surface area contributed by atoms with Crippen molar-refractivity contribution in [1.82, 2.24) is 5.32 Å². The smallest absolute Gasteiger partial charge is 0.302 e. The number of nitrogens with one attached hydrogen (secondary N) is 1. The third-order valence-corrected chi connectivity index (χ3v) is 12.6. The van der Waals surface area contributed by atoms with Crippen molar-refractivity contribution < 1.29 is 44.6 Å². The van der Waals surface area contributed by atoms with Crippen LogP contribution in [0.3, 0.4) is 0 Å². The van der Waals surface area contributed by atoms with Gasteiger partial charge in [-0.25, -0.2) is 0 Å². The first-order chi connectivity index (χ1) is 21.7. The quantitative estimate of drug-likeness (QED) is 0.124. The Morgan fingerprint density at radius 2 is 1.74 bits per heavy atom. The van der Waals surface area contributed by atoms with Gasteiger partial charge in [-0.2, -0.15) is 0 Å². The number of amides is 1. The molecule has 4 fully saturated rings. The number of fused-ring (bicyclic) bond motifs is 5. The summed E-state index contributed by atoms with van der Waals surface area (Å²) in [5, 5.41) is 49.6. The van der Waals surface area contributed by atoms with E-state index in [1.54, 1.807) is 5.57 Å². The number of rotatable bonds is 9. The third kappa shape index (κ3) is 8.00. The van der Waals surface area contributed by atoms with Crippen molar-refractivity contribution in [1.29, 1.82) is 0 Å². The second kappa shape index (κ2) is 15.8. The maximum atomic E-state index is 10.9. The van der Waals surface area contributed by atoms with Crippen molar-refractivity contribution in [3.05, 3.63) is 11.6 Å². The molecule has 264 valence electrons. The second-order valence-corrected chi connectivity index (χ2v) is 15.5. The van der Waals surface area contributed by atoms with Crippen LogP contribution < -0.4 is 5.32 Å². The molecule has 6 N–H and O–H groups in total. The van der Waals surface area contributed by atoms with Gasteiger partial charge < -0.3 is 40.3 Å². The van der Waals surface area contributed by atoms with E-state index in [9.17, 15) is 30.0 Å². The molecule has 3 saturated carbocycles. The molecular formula is C36H61NO9. The van der Waals surface area contributed by atoms with E-state index in [4.69, 9.17) is 14.6 Å². The van der Waals surface area contributed by atoms with Crippen LogP contribution in [-0.2, 0) is 19.1 Å². The van der Waals surface area contributed by atoms with Crippen LogP contribution in [0.5, 0.6) is 0 Å². The Morgan fingerprint density at radius 3 is 2.41 bits per heavy atom. The zero-order chi connectivity index (χ0) is 33.8. The van der Waals surface area contributed by atoms with Crippen LogP contribution >= 0.6 is 0 Å². The summed E-state index contributed by atoms with van der Waals surface area (Å²) >= 11 is 0. The molecule has 10 heteroatoms. The number of aliphatic hydroxyl groups excluding tert-OH is 5. The maximum absolute atomic E-state index is 10.9. The van der Waals surface area contributed by atoms with Crippen LogP contribution in [0.15, 0.2) is 11.6 Å². The van der Waals surface area contributed by atoms with Crippen molar-refractivity contribution in [2.75, 3.05) is 13.2 Å². The first-order valence-corrected chi connectivity index (χ1v) is 17.8. The highest BCUT2D eigenvalue weighted by atomic mass is 16.6. The van der Waals surface area contributed by atoms with E-state index in [-0.39, 0.29) is 12.1 Å². The average molecular weight is 652 g/mol. The van der Waals surface area contributed by atoms with Crippen molar-refractivity contribution >= 4 is 11.9 Å². The van der Waals surface area contributed by atoms with Crippen molar-refractivity contribution in [3.8, 4) is 0 Å². The maximum Gasteiger partial charge on any atom is 0.302 e. The van der Waals surface area contributed by atoms with E-state index in [2.05, 4.69) is 32.2 Å². The first kappa shape index (κ1) is 37.3. The topological polar surface area (TPSA) is 166 Å². The SMILES string of the molecule is CC(=O)NC1C(O)OC(CO)C(O)C1O.CC(=O)OCCCCCC[C@H]1CC(C)C2[C@@H]3CC=C4C[C@@H](O)CC[C@]4(C)C3CC[C@@]21C. The van der Waals surface area contributed by atoms with Gasteiger partial charge in [-0.1, -0.05) is 51.7 Å². The number of carbonyl (C=O) groups excluding carboxylic acids is 2. The third-order valence-electron chi connectivity index (χ3n) is 12.6. The molecule has 0 radical (unpaired) electrons. The Hall–Kier alpha value is -1.56. The molecule has 13 atom stereocenters. The fourth-order valence-corrected chi connectivity index (χ4v) is 10.3. The molecule has 10 nitrogen and oxygen atoms in total. The number of hydrogen-bond donors (Lipinski definition) is 6. The van der Waals surface area contributed by atoms with E-state index in [1.165, 1.54) is 71.6 Å². The number of carbonyl (C=O) groups is 2. The molecule has 4 aliphatic carbocycles. The Kier molecular flexibility index (Phi) is 12.8. The Bertz CT molecular complexity index is 1070. The average Bonchev–Trinajstić information content (AvgIpc) is 3.26. The van der Waals surface area contributed by atoms with Gasteiger partial charge >= 0.3 is 5.97 Å². The molecule has 1 amide bonds. The lowest BCUT2D eigenvalue weighted by Gasteiger charge is -2.58. The lowest BCUT2D eigenvalue weighted by Crippen LogP contribution is -2.63. The van der Waals surface area contributed by atoms with Gasteiger partial charge in [0.2, 0.25) is 5.91 Å². The number of hydrogen-bond acceptors (Lipinski definition) is 9. The molecule has 1 saturated heterocycles. The molecule has 0 aromatic rings. The molecule has 8 unspecified atom stereocenters. The van der Waals surface area contributed by atoms with E-state index in [0.29, 0.717) is 17.4 Å². The predicted molar refractivity (Wildman–Crippen MR) is 173 cm³/mol. The highest BCUT2D eigenvalue weighted by Crippen LogP contribution is 2.68. The monoisotopic (exact) mass is 651 g/mol. The second-order valence-electron chi connectivity index (χ2n) is 15.5. The van der Waals surface area contributed by atoms with Crippen LogP contribution in [-0.4, -0.2) is 87.4 Å². The van der Waals surface area contributed by atoms with E-state index in [1.807, 2.05) is 0 Å². The van der Waals surface area contributed by atoms with E-state index >= 15 is 0 Å². The first-order valence-electron chi connectivity index (χ1n) is 17.8. The molecule has 0 aromatic heterocycles. The number of allylic oxidation sites excluding steroid dienone is 1. The van der Waals surface area contributed by atoms with Gasteiger partial charge in [0.15, 0.2) is 6.29 Å². The standard InChI is InChI=1S/C28H46O3.C8H15NO6/c1-19-17-21(9-7-5-6-8-16-31-20(2)29)28(4)15-13-25-24(26(19)28)11-10-22-18-23(30)12-14-27(22,25)3;1-3(11)9-5-7(13)6(12)4(2-10)15-8(5)14/h10,19,21,23-26,30H,5-9,11-18H2,1-4H3;4-8,10,12-14H,2H2,1H3,(H,9,11)/t19?,21-,23-,24+,25?,26?,27-,28+;/m0./s1. The van der Waals surface area contributed by atoms with Crippen LogP contribution in [0.1, 0.15) is 112 Å². The zero-order valence-corrected chi connectivity index (χ0v) is 28.7. The molecular weight excluding hydrogens is 590 g/mol. The van der Waals surface area contributed by atoms with Crippen molar-refractivity contribution in [2.45, 2.75) is 148 Å². The van der Waals surface area contributed by atoms with E-state index < -0.39 is 43.2 Å². The largest absolute Gasteiger partial charge is 0.466 e. The highest BCUT2D eigenvalue weighted by molar-refractivity contribution is 5.73. The van der Waals surface area contributed by atoms with Crippen LogP contribution in [0, 0.1) is 40.4 Å². The van der Waals surface area contributed by atoms with Crippen LogP contribution in [0.2, 0.25) is 0 Å². The van der Waals surface area contributed by atoms with Gasteiger partial charge in [0.05, 0.1) is 19.3 Å². The summed E-state index contributed by atoms with van der Waals surface area (Å²) in [5.74, 6) is 3.68. The predicted octanol–water partition coefficient (Wildman–Crippen LogP) is 3.61. The number of unbranched alkanes of at least 4 members (excludes halogenated alkanes) is 3. The molecule has 5 aliphatic rings. The lowest BCUT2D eigenvalue weighted by molar-refractivity contribution is -0.253. The van der Waals surface area contributed by atoms with Gasteiger partial charge in [-0.15, -0.1) is 0 Å². The van der Waals surface area contributed by atoms with Gasteiger partial charge in [0, 0.05) is 13.8 Å². The Balaban J connectivity index is 0.000000270. The fraction of sp³-hybridized carbons (Fsp3) is 0.889. The molecule has 0 aromatic carbocycles. The molecule has 0 bridgehead atoms. The van der Waals surface area contributed by atoms with Crippen LogP contribution in [0.4, 0.5) is 0 Å².